The van der Waals surface area contributed by atoms with E-state index in [1.165, 1.54) is 35.3 Å². The van der Waals surface area contributed by atoms with Crippen LogP contribution in [0.1, 0.15) is 21.5 Å². The maximum Gasteiger partial charge on any atom is 0.417 e. The molecule has 0 spiro atoms. The van der Waals surface area contributed by atoms with E-state index in [9.17, 15) is 22.4 Å². The predicted octanol–water partition coefficient (Wildman–Crippen LogP) is 4.03. The summed E-state index contributed by atoms with van der Waals surface area (Å²) in [6.45, 7) is 0.647. The summed E-state index contributed by atoms with van der Waals surface area (Å²) in [7, 11) is 0. The SMILES string of the molecule is O=C(NCCn1ncc2c(NCc3ccc(F)cc3)ncnc21)c1ccccc1C(F)(F)F. The number of carbonyl (C=O) groups is 1. The van der Waals surface area contributed by atoms with Crippen molar-refractivity contribution in [2.24, 2.45) is 0 Å². The molecular formula is C22H18F4N6O. The fourth-order valence-corrected chi connectivity index (χ4v) is 3.28. The van der Waals surface area contributed by atoms with Gasteiger partial charge in [0.25, 0.3) is 5.91 Å². The summed E-state index contributed by atoms with van der Waals surface area (Å²) in [6.07, 6.45) is -1.71. The lowest BCUT2D eigenvalue weighted by molar-refractivity contribution is -0.137. The van der Waals surface area contributed by atoms with Crippen molar-refractivity contribution < 1.29 is 22.4 Å². The van der Waals surface area contributed by atoms with Crippen molar-refractivity contribution in [1.82, 2.24) is 25.1 Å². The molecule has 0 radical (unpaired) electrons. The van der Waals surface area contributed by atoms with Crippen LogP contribution in [0.4, 0.5) is 23.4 Å². The Balaban J connectivity index is 1.41. The zero-order valence-corrected chi connectivity index (χ0v) is 17.1. The smallest absolute Gasteiger partial charge is 0.365 e. The van der Waals surface area contributed by atoms with Crippen molar-refractivity contribution in [3.05, 3.63) is 83.6 Å². The van der Waals surface area contributed by atoms with E-state index in [2.05, 4.69) is 25.7 Å². The average Bonchev–Trinajstić information content (AvgIpc) is 3.22. The monoisotopic (exact) mass is 458 g/mol. The summed E-state index contributed by atoms with van der Waals surface area (Å²) in [6, 6.07) is 10.7. The second-order valence-corrected chi connectivity index (χ2v) is 7.11. The Morgan fingerprint density at radius 3 is 2.55 bits per heavy atom. The van der Waals surface area contributed by atoms with E-state index in [0.29, 0.717) is 23.4 Å². The number of anilines is 1. The van der Waals surface area contributed by atoms with E-state index >= 15 is 0 Å². The van der Waals surface area contributed by atoms with Crippen molar-refractivity contribution in [1.29, 1.82) is 0 Å². The van der Waals surface area contributed by atoms with Crippen LogP contribution < -0.4 is 10.6 Å². The molecule has 0 bridgehead atoms. The first-order chi connectivity index (χ1) is 15.8. The summed E-state index contributed by atoms with van der Waals surface area (Å²) < 4.78 is 54.0. The average molecular weight is 458 g/mol. The highest BCUT2D eigenvalue weighted by Gasteiger charge is 2.34. The van der Waals surface area contributed by atoms with Gasteiger partial charge in [-0.25, -0.2) is 19.0 Å². The van der Waals surface area contributed by atoms with Crippen molar-refractivity contribution in [2.75, 3.05) is 11.9 Å². The quantitative estimate of drug-likeness (QED) is 0.409. The Morgan fingerprint density at radius 1 is 1.03 bits per heavy atom. The van der Waals surface area contributed by atoms with Crippen LogP contribution >= 0.6 is 0 Å². The number of hydrogen-bond donors (Lipinski definition) is 2. The molecule has 2 aromatic heterocycles. The summed E-state index contributed by atoms with van der Waals surface area (Å²) in [5.41, 5.74) is -0.0736. The summed E-state index contributed by atoms with van der Waals surface area (Å²) in [5.74, 6) is -0.618. The third-order valence-electron chi connectivity index (χ3n) is 4.89. The number of halogens is 4. The minimum Gasteiger partial charge on any atom is -0.365 e. The van der Waals surface area contributed by atoms with Gasteiger partial charge in [0, 0.05) is 13.1 Å². The number of amides is 1. The number of aromatic nitrogens is 4. The van der Waals surface area contributed by atoms with Gasteiger partial charge in [0.2, 0.25) is 0 Å². The number of benzene rings is 2. The first kappa shape index (κ1) is 22.2. The van der Waals surface area contributed by atoms with Gasteiger partial charge in [-0.05, 0) is 29.8 Å². The lowest BCUT2D eigenvalue weighted by Crippen LogP contribution is -2.29. The molecule has 4 rings (SSSR count). The summed E-state index contributed by atoms with van der Waals surface area (Å²) in [5, 5.41) is 10.5. The molecule has 1 amide bonds. The molecule has 0 aliphatic heterocycles. The van der Waals surface area contributed by atoms with E-state index < -0.39 is 23.2 Å². The van der Waals surface area contributed by atoms with Crippen LogP contribution in [0, 0.1) is 5.82 Å². The molecule has 0 atom stereocenters. The normalized spacial score (nSPS) is 11.5. The minimum absolute atomic E-state index is 0.0458. The minimum atomic E-state index is -4.62. The van der Waals surface area contributed by atoms with Crippen molar-refractivity contribution in [3.8, 4) is 0 Å². The maximum atomic E-state index is 13.1. The second kappa shape index (κ2) is 9.23. The molecule has 4 aromatic rings. The van der Waals surface area contributed by atoms with Crippen LogP contribution in [-0.2, 0) is 19.3 Å². The molecular weight excluding hydrogens is 440 g/mol. The van der Waals surface area contributed by atoms with Gasteiger partial charge in [0.1, 0.15) is 18.0 Å². The number of nitrogens with zero attached hydrogens (tertiary/aromatic N) is 4. The number of nitrogens with one attached hydrogen (secondary N) is 2. The molecule has 0 unspecified atom stereocenters. The lowest BCUT2D eigenvalue weighted by atomic mass is 10.1. The third-order valence-corrected chi connectivity index (χ3v) is 4.89. The van der Waals surface area contributed by atoms with E-state index in [1.807, 2.05) is 0 Å². The molecule has 2 heterocycles. The first-order valence-electron chi connectivity index (χ1n) is 9.92. The standard InChI is InChI=1S/C22H18F4N6O/c23-15-7-5-14(6-8-15)11-28-19-17-12-31-32(20(17)30-13-29-19)10-9-27-21(33)16-3-1-2-4-18(16)22(24,25)26/h1-8,12-13H,9-11H2,(H,27,33)(H,28,29,30). The number of fused-ring (bicyclic) bond motifs is 1. The van der Waals surface area contributed by atoms with Gasteiger partial charge in [-0.3, -0.25) is 4.79 Å². The van der Waals surface area contributed by atoms with Crippen LogP contribution in [0.3, 0.4) is 0 Å². The van der Waals surface area contributed by atoms with E-state index in [-0.39, 0.29) is 18.9 Å². The zero-order chi connectivity index (χ0) is 23.4. The largest absolute Gasteiger partial charge is 0.417 e. The van der Waals surface area contributed by atoms with Gasteiger partial charge >= 0.3 is 6.18 Å². The van der Waals surface area contributed by atoms with Crippen molar-refractivity contribution in [2.45, 2.75) is 19.3 Å². The highest BCUT2D eigenvalue weighted by Crippen LogP contribution is 2.31. The number of alkyl halides is 3. The van der Waals surface area contributed by atoms with Gasteiger partial charge in [0.05, 0.1) is 29.3 Å². The molecule has 0 fully saturated rings. The van der Waals surface area contributed by atoms with Crippen LogP contribution in [0.5, 0.6) is 0 Å². The molecule has 33 heavy (non-hydrogen) atoms. The van der Waals surface area contributed by atoms with Crippen molar-refractivity contribution >= 4 is 22.8 Å². The summed E-state index contributed by atoms with van der Waals surface area (Å²) >= 11 is 0. The van der Waals surface area contributed by atoms with E-state index in [4.69, 9.17) is 0 Å². The number of rotatable bonds is 7. The molecule has 2 aromatic carbocycles. The van der Waals surface area contributed by atoms with Crippen LogP contribution in [0.25, 0.3) is 11.0 Å². The third kappa shape index (κ3) is 5.08. The Hall–Kier alpha value is -4.02. The van der Waals surface area contributed by atoms with E-state index in [0.717, 1.165) is 17.7 Å². The van der Waals surface area contributed by atoms with Gasteiger partial charge in [-0.2, -0.15) is 18.3 Å². The van der Waals surface area contributed by atoms with Crippen LogP contribution in [0.15, 0.2) is 61.1 Å². The Labute approximate surface area is 185 Å². The molecule has 0 aliphatic carbocycles. The van der Waals surface area contributed by atoms with Crippen molar-refractivity contribution in [3.63, 3.8) is 0 Å². The lowest BCUT2D eigenvalue weighted by Gasteiger charge is -2.12. The van der Waals surface area contributed by atoms with Gasteiger partial charge in [-0.1, -0.05) is 24.3 Å². The molecule has 11 heteroatoms. The maximum absolute atomic E-state index is 13.1. The van der Waals surface area contributed by atoms with Gasteiger partial charge < -0.3 is 10.6 Å². The Bertz CT molecular complexity index is 1270. The molecule has 0 aliphatic rings. The molecule has 7 nitrogen and oxygen atoms in total. The predicted molar refractivity (Wildman–Crippen MR) is 113 cm³/mol. The van der Waals surface area contributed by atoms with Gasteiger partial charge in [-0.15, -0.1) is 0 Å². The number of hydrogen-bond acceptors (Lipinski definition) is 5. The van der Waals surface area contributed by atoms with Crippen LogP contribution in [-0.4, -0.2) is 32.2 Å². The van der Waals surface area contributed by atoms with Crippen LogP contribution in [0.2, 0.25) is 0 Å². The molecule has 2 N–H and O–H groups in total. The molecule has 0 saturated carbocycles. The Morgan fingerprint density at radius 2 is 1.79 bits per heavy atom. The highest BCUT2D eigenvalue weighted by atomic mass is 19.4. The van der Waals surface area contributed by atoms with Gasteiger partial charge in [0.15, 0.2) is 5.65 Å². The fraction of sp³-hybridized carbons (Fsp3) is 0.182. The summed E-state index contributed by atoms with van der Waals surface area (Å²) in [4.78, 5) is 20.7. The number of carbonyl (C=O) groups excluding carboxylic acids is 1. The second-order valence-electron chi connectivity index (χ2n) is 7.11. The highest BCUT2D eigenvalue weighted by molar-refractivity contribution is 5.95. The zero-order valence-electron chi connectivity index (χ0n) is 17.1. The molecule has 0 saturated heterocycles. The Kier molecular flexibility index (Phi) is 6.20. The van der Waals surface area contributed by atoms with E-state index in [1.54, 1.807) is 18.3 Å². The first-order valence-corrected chi connectivity index (χ1v) is 9.92. The molecule has 170 valence electrons. The fourth-order valence-electron chi connectivity index (χ4n) is 3.28. The topological polar surface area (TPSA) is 84.7 Å².